The Bertz CT molecular complexity index is 1100. The fraction of sp³-hybridized carbons (Fsp3) is 0.500. The Morgan fingerprint density at radius 1 is 1.25 bits per heavy atom. The summed E-state index contributed by atoms with van der Waals surface area (Å²) in [6, 6.07) is 0. The highest BCUT2D eigenvalue weighted by Crippen LogP contribution is 2.44. The monoisotopic (exact) mass is 482 g/mol. The molecule has 1 unspecified atom stereocenters. The predicted molar refractivity (Wildman–Crippen MR) is 116 cm³/mol. The van der Waals surface area contributed by atoms with Crippen molar-refractivity contribution >= 4 is 39.7 Å². The molecule has 170 valence electrons. The average Bonchev–Trinajstić information content (AvgIpc) is 2.99. The van der Waals surface area contributed by atoms with Gasteiger partial charge in [0.1, 0.15) is 21.5 Å². The highest BCUT2D eigenvalue weighted by atomic mass is 35.5. The Morgan fingerprint density at radius 3 is 2.59 bits per heavy atom. The molecular weight excluding hydrogens is 462 g/mol. The summed E-state index contributed by atoms with van der Waals surface area (Å²) in [5, 5.41) is 10.0. The zero-order valence-electron chi connectivity index (χ0n) is 17.0. The molecule has 0 spiro atoms. The number of nitrogens with zero attached hydrogens (tertiary/aromatic N) is 5. The van der Waals surface area contributed by atoms with Gasteiger partial charge in [0.15, 0.2) is 5.82 Å². The van der Waals surface area contributed by atoms with Gasteiger partial charge in [-0.3, -0.25) is 0 Å². The Kier molecular flexibility index (Phi) is 5.37. The number of aliphatic hydroxyl groups excluding tert-OH is 1. The van der Waals surface area contributed by atoms with Crippen LogP contribution in [0.1, 0.15) is 37.2 Å². The van der Waals surface area contributed by atoms with Gasteiger partial charge in [0, 0.05) is 25.5 Å². The Labute approximate surface area is 190 Å². The van der Waals surface area contributed by atoms with Gasteiger partial charge < -0.3 is 15.3 Å². The lowest BCUT2D eigenvalue weighted by atomic mass is 9.77. The minimum Gasteiger partial charge on any atom is -0.394 e. The smallest absolute Gasteiger partial charge is 0.331 e. The predicted octanol–water partition coefficient (Wildman–Crippen LogP) is 2.80. The van der Waals surface area contributed by atoms with Crippen LogP contribution in [0.15, 0.2) is 23.4 Å². The molecule has 1 fully saturated rings. The standard InChI is InChI=1S/C20H21ClF2N6O2S/c21-13-9-24-16(25-10-13)12-2-6-29(7-3-12)18-26-14-8-20(22,23)32(31)15(14)17(27-18)28-19(11-30)4-1-5-19/h2,9-10,30H,1,3-8,11H2,(H,26,27,28). The van der Waals surface area contributed by atoms with E-state index >= 15 is 0 Å². The van der Waals surface area contributed by atoms with E-state index in [1.807, 2.05) is 11.0 Å². The number of halogens is 3. The third-order valence-corrected chi connectivity index (χ3v) is 7.83. The molecule has 0 saturated heterocycles. The average molecular weight is 483 g/mol. The summed E-state index contributed by atoms with van der Waals surface area (Å²) >= 11 is 5.85. The summed E-state index contributed by atoms with van der Waals surface area (Å²) in [6.45, 7) is 0.839. The van der Waals surface area contributed by atoms with Crippen LogP contribution in [-0.4, -0.2) is 59.7 Å². The van der Waals surface area contributed by atoms with Crippen molar-refractivity contribution in [3.8, 4) is 0 Å². The van der Waals surface area contributed by atoms with Gasteiger partial charge in [0.05, 0.1) is 29.3 Å². The summed E-state index contributed by atoms with van der Waals surface area (Å²) in [4.78, 5) is 19.1. The summed E-state index contributed by atoms with van der Waals surface area (Å²) < 4.78 is 41.0. The first-order valence-corrected chi connectivity index (χ1v) is 11.8. The van der Waals surface area contributed by atoms with Crippen LogP contribution in [0.4, 0.5) is 20.5 Å². The normalized spacial score (nSPS) is 23.3. The molecule has 8 nitrogen and oxygen atoms in total. The van der Waals surface area contributed by atoms with Crippen LogP contribution in [0.3, 0.4) is 0 Å². The van der Waals surface area contributed by atoms with Crippen LogP contribution in [0.2, 0.25) is 5.02 Å². The van der Waals surface area contributed by atoms with E-state index in [4.69, 9.17) is 11.6 Å². The van der Waals surface area contributed by atoms with Crippen LogP contribution in [-0.2, 0) is 17.2 Å². The van der Waals surface area contributed by atoms with E-state index in [1.165, 1.54) is 12.4 Å². The quantitative estimate of drug-likeness (QED) is 0.670. The highest BCUT2D eigenvalue weighted by molar-refractivity contribution is 7.86. The molecule has 32 heavy (non-hydrogen) atoms. The molecule has 2 aromatic heterocycles. The number of hydrogen-bond acceptors (Lipinski definition) is 8. The molecule has 1 atom stereocenters. The largest absolute Gasteiger partial charge is 0.394 e. The maximum atomic E-state index is 14.3. The minimum absolute atomic E-state index is 0.0544. The molecular formula is C20H21ClF2N6O2S. The van der Waals surface area contributed by atoms with Crippen molar-refractivity contribution in [3.05, 3.63) is 35.0 Å². The molecule has 4 heterocycles. The zero-order valence-corrected chi connectivity index (χ0v) is 18.6. The molecule has 12 heteroatoms. The van der Waals surface area contributed by atoms with E-state index in [-0.39, 0.29) is 23.0 Å². The lowest BCUT2D eigenvalue weighted by molar-refractivity contribution is 0.104. The van der Waals surface area contributed by atoms with Crippen molar-refractivity contribution in [2.45, 2.75) is 47.8 Å². The van der Waals surface area contributed by atoms with Crippen LogP contribution in [0.25, 0.3) is 5.57 Å². The third kappa shape index (κ3) is 3.75. The Hall–Kier alpha value is -2.24. The zero-order chi connectivity index (χ0) is 22.5. The lowest BCUT2D eigenvalue weighted by Gasteiger charge is -2.41. The first-order chi connectivity index (χ1) is 15.3. The fourth-order valence-corrected chi connectivity index (χ4v) is 5.41. The molecule has 1 aliphatic carbocycles. The molecule has 0 bridgehead atoms. The van der Waals surface area contributed by atoms with Gasteiger partial charge in [0.2, 0.25) is 5.95 Å². The topological polar surface area (TPSA) is 104 Å². The number of aromatic nitrogens is 4. The van der Waals surface area contributed by atoms with Crippen molar-refractivity contribution in [1.82, 2.24) is 19.9 Å². The van der Waals surface area contributed by atoms with Crippen molar-refractivity contribution in [1.29, 1.82) is 0 Å². The van der Waals surface area contributed by atoms with Gasteiger partial charge in [-0.25, -0.2) is 19.2 Å². The molecule has 2 aliphatic heterocycles. The van der Waals surface area contributed by atoms with Gasteiger partial charge in [-0.05, 0) is 31.3 Å². The number of rotatable bonds is 5. The minimum atomic E-state index is -3.39. The first-order valence-electron chi connectivity index (χ1n) is 10.3. The van der Waals surface area contributed by atoms with E-state index < -0.39 is 28.0 Å². The summed E-state index contributed by atoms with van der Waals surface area (Å²) in [7, 11) is -2.54. The van der Waals surface area contributed by atoms with E-state index in [9.17, 15) is 18.1 Å². The summed E-state index contributed by atoms with van der Waals surface area (Å²) in [5.41, 5.74) is 0.422. The van der Waals surface area contributed by atoms with E-state index in [2.05, 4.69) is 25.3 Å². The lowest BCUT2D eigenvalue weighted by Crippen LogP contribution is -2.49. The Morgan fingerprint density at radius 2 is 2.00 bits per heavy atom. The van der Waals surface area contributed by atoms with E-state index in [0.717, 1.165) is 12.0 Å². The van der Waals surface area contributed by atoms with Crippen LogP contribution in [0.5, 0.6) is 0 Å². The molecule has 0 radical (unpaired) electrons. The van der Waals surface area contributed by atoms with E-state index in [0.29, 0.717) is 49.1 Å². The molecule has 0 amide bonds. The number of fused-ring (bicyclic) bond motifs is 1. The molecule has 2 N–H and O–H groups in total. The number of aliphatic hydroxyl groups is 1. The van der Waals surface area contributed by atoms with Crippen molar-refractivity contribution in [2.75, 3.05) is 29.9 Å². The maximum absolute atomic E-state index is 14.3. The summed E-state index contributed by atoms with van der Waals surface area (Å²) in [5.74, 6) is 1.02. The van der Waals surface area contributed by atoms with Crippen LogP contribution < -0.4 is 10.2 Å². The van der Waals surface area contributed by atoms with Crippen molar-refractivity contribution < 1.29 is 18.1 Å². The summed E-state index contributed by atoms with van der Waals surface area (Å²) in [6.07, 6.45) is 7.25. The second-order valence-electron chi connectivity index (χ2n) is 8.30. The van der Waals surface area contributed by atoms with Crippen LogP contribution in [0, 0.1) is 0 Å². The molecule has 3 aliphatic rings. The van der Waals surface area contributed by atoms with Gasteiger partial charge in [-0.2, -0.15) is 13.8 Å². The number of nitrogens with one attached hydrogen (secondary N) is 1. The molecule has 0 aromatic carbocycles. The maximum Gasteiger partial charge on any atom is 0.331 e. The van der Waals surface area contributed by atoms with Crippen molar-refractivity contribution in [2.24, 2.45) is 0 Å². The molecule has 5 rings (SSSR count). The second kappa shape index (κ2) is 7.96. The molecule has 2 aromatic rings. The number of alkyl halides is 2. The van der Waals surface area contributed by atoms with E-state index in [1.54, 1.807) is 0 Å². The Balaban J connectivity index is 1.46. The van der Waals surface area contributed by atoms with Crippen LogP contribution >= 0.6 is 11.6 Å². The first kappa shape index (κ1) is 21.6. The third-order valence-electron chi connectivity index (χ3n) is 6.15. The number of hydrogen-bond donors (Lipinski definition) is 2. The molecule has 1 saturated carbocycles. The second-order valence-corrected chi connectivity index (χ2v) is 10.3. The van der Waals surface area contributed by atoms with Gasteiger partial charge in [0.25, 0.3) is 0 Å². The van der Waals surface area contributed by atoms with Gasteiger partial charge >= 0.3 is 5.25 Å². The van der Waals surface area contributed by atoms with Crippen molar-refractivity contribution in [3.63, 3.8) is 0 Å². The number of anilines is 2. The SMILES string of the molecule is O=S1c2c(nc(N3CC=C(c4ncc(Cl)cn4)CC3)nc2NC2(CO)CCC2)CC1(F)F. The van der Waals surface area contributed by atoms with Gasteiger partial charge in [-0.1, -0.05) is 17.7 Å². The fourth-order valence-electron chi connectivity index (χ4n) is 4.14. The highest BCUT2D eigenvalue weighted by Gasteiger charge is 2.50. The van der Waals surface area contributed by atoms with Gasteiger partial charge in [-0.15, -0.1) is 0 Å².